The van der Waals surface area contributed by atoms with Crippen LogP contribution in [0.4, 0.5) is 0 Å². The van der Waals surface area contributed by atoms with Crippen molar-refractivity contribution in [3.63, 3.8) is 0 Å². The van der Waals surface area contributed by atoms with E-state index in [0.29, 0.717) is 11.5 Å². The fourth-order valence-corrected chi connectivity index (χ4v) is 1.13. The lowest BCUT2D eigenvalue weighted by atomic mass is 10.1. The number of hydrogen-bond acceptors (Lipinski definition) is 1. The standard InChI is InChI=1S/C12H11NO/c13-12(14)11-7-5-10(6-8-11)4-3-9-1-2-9/h5-9H,1-2H2,(H2,13,14). The second kappa shape index (κ2) is 3.55. The molecule has 0 heterocycles. The third-order valence-corrected chi connectivity index (χ3v) is 2.17. The molecule has 2 nitrogen and oxygen atoms in total. The predicted octanol–water partition coefficient (Wildman–Crippen LogP) is 1.55. The van der Waals surface area contributed by atoms with E-state index in [1.807, 2.05) is 12.1 Å². The smallest absolute Gasteiger partial charge is 0.248 e. The van der Waals surface area contributed by atoms with E-state index in [0.717, 1.165) is 5.56 Å². The molecule has 0 radical (unpaired) electrons. The summed E-state index contributed by atoms with van der Waals surface area (Å²) in [6, 6.07) is 7.07. The van der Waals surface area contributed by atoms with E-state index in [-0.39, 0.29) is 0 Å². The fraction of sp³-hybridized carbons (Fsp3) is 0.250. The van der Waals surface area contributed by atoms with Crippen LogP contribution in [0.1, 0.15) is 28.8 Å². The highest BCUT2D eigenvalue weighted by atomic mass is 16.1. The number of rotatable bonds is 1. The lowest BCUT2D eigenvalue weighted by Crippen LogP contribution is -2.10. The van der Waals surface area contributed by atoms with E-state index in [2.05, 4.69) is 11.8 Å². The number of amides is 1. The molecule has 1 aliphatic carbocycles. The van der Waals surface area contributed by atoms with E-state index < -0.39 is 5.91 Å². The van der Waals surface area contributed by atoms with Gasteiger partial charge in [0.25, 0.3) is 0 Å². The molecule has 1 aliphatic rings. The van der Waals surface area contributed by atoms with Crippen LogP contribution in [0.5, 0.6) is 0 Å². The average Bonchev–Trinajstić information content (AvgIpc) is 2.99. The first-order valence-electron chi connectivity index (χ1n) is 4.67. The van der Waals surface area contributed by atoms with Gasteiger partial charge in [0.2, 0.25) is 5.91 Å². The maximum Gasteiger partial charge on any atom is 0.248 e. The molecule has 0 spiro atoms. The van der Waals surface area contributed by atoms with Gasteiger partial charge in [0.1, 0.15) is 0 Å². The molecule has 1 amide bonds. The van der Waals surface area contributed by atoms with Crippen LogP contribution < -0.4 is 5.73 Å². The summed E-state index contributed by atoms with van der Waals surface area (Å²) in [5, 5.41) is 0. The minimum Gasteiger partial charge on any atom is -0.366 e. The third kappa shape index (κ3) is 2.14. The van der Waals surface area contributed by atoms with Crippen LogP contribution >= 0.6 is 0 Å². The molecule has 2 rings (SSSR count). The summed E-state index contributed by atoms with van der Waals surface area (Å²) in [7, 11) is 0. The van der Waals surface area contributed by atoms with Crippen molar-refractivity contribution < 1.29 is 4.79 Å². The molecule has 0 aromatic heterocycles. The van der Waals surface area contributed by atoms with Crippen molar-refractivity contribution >= 4 is 5.91 Å². The zero-order chi connectivity index (χ0) is 9.97. The van der Waals surface area contributed by atoms with Crippen LogP contribution in [0.25, 0.3) is 0 Å². The van der Waals surface area contributed by atoms with Gasteiger partial charge < -0.3 is 5.73 Å². The van der Waals surface area contributed by atoms with Gasteiger partial charge in [0, 0.05) is 17.0 Å². The van der Waals surface area contributed by atoms with Crippen LogP contribution in [-0.2, 0) is 0 Å². The van der Waals surface area contributed by atoms with Crippen LogP contribution in [-0.4, -0.2) is 5.91 Å². The van der Waals surface area contributed by atoms with Crippen molar-refractivity contribution in [1.82, 2.24) is 0 Å². The largest absolute Gasteiger partial charge is 0.366 e. The van der Waals surface area contributed by atoms with Crippen molar-refractivity contribution in [3.8, 4) is 11.8 Å². The molecule has 0 unspecified atom stereocenters. The average molecular weight is 185 g/mol. The second-order valence-corrected chi connectivity index (χ2v) is 3.49. The quantitative estimate of drug-likeness (QED) is 0.663. The Labute approximate surface area is 83.1 Å². The highest BCUT2D eigenvalue weighted by Gasteiger charge is 2.17. The summed E-state index contributed by atoms with van der Waals surface area (Å²) in [4.78, 5) is 10.8. The fourth-order valence-electron chi connectivity index (χ4n) is 1.13. The Hall–Kier alpha value is -1.75. The van der Waals surface area contributed by atoms with Gasteiger partial charge in [-0.25, -0.2) is 0 Å². The summed E-state index contributed by atoms with van der Waals surface area (Å²) >= 11 is 0. The molecule has 0 saturated heterocycles. The molecule has 0 aliphatic heterocycles. The maximum atomic E-state index is 10.8. The second-order valence-electron chi connectivity index (χ2n) is 3.49. The minimum atomic E-state index is -0.397. The van der Waals surface area contributed by atoms with Crippen molar-refractivity contribution in [2.24, 2.45) is 11.7 Å². The molecule has 1 fully saturated rings. The molecule has 70 valence electrons. The first-order chi connectivity index (χ1) is 6.75. The van der Waals surface area contributed by atoms with Crippen LogP contribution in [0.2, 0.25) is 0 Å². The summed E-state index contributed by atoms with van der Waals surface area (Å²) in [6.07, 6.45) is 2.46. The van der Waals surface area contributed by atoms with Crippen LogP contribution in [0, 0.1) is 17.8 Å². The maximum absolute atomic E-state index is 10.8. The Morgan fingerprint density at radius 1 is 1.29 bits per heavy atom. The van der Waals surface area contributed by atoms with Crippen LogP contribution in [0.3, 0.4) is 0 Å². The molecule has 0 atom stereocenters. The first-order valence-corrected chi connectivity index (χ1v) is 4.67. The van der Waals surface area contributed by atoms with Gasteiger partial charge in [-0.3, -0.25) is 4.79 Å². The van der Waals surface area contributed by atoms with Crippen molar-refractivity contribution in [2.45, 2.75) is 12.8 Å². The lowest BCUT2D eigenvalue weighted by Gasteiger charge is -1.94. The van der Waals surface area contributed by atoms with Crippen molar-refractivity contribution in [1.29, 1.82) is 0 Å². The number of benzene rings is 1. The predicted molar refractivity (Wildman–Crippen MR) is 54.6 cm³/mol. The molecule has 1 aromatic carbocycles. The summed E-state index contributed by atoms with van der Waals surface area (Å²) < 4.78 is 0. The molecule has 0 bridgehead atoms. The molecule has 1 aromatic rings. The van der Waals surface area contributed by atoms with Gasteiger partial charge >= 0.3 is 0 Å². The normalized spacial score (nSPS) is 14.3. The highest BCUT2D eigenvalue weighted by molar-refractivity contribution is 5.92. The number of primary amides is 1. The van der Waals surface area contributed by atoms with Crippen molar-refractivity contribution in [2.75, 3.05) is 0 Å². The Balaban J connectivity index is 2.14. The monoisotopic (exact) mass is 185 g/mol. The van der Waals surface area contributed by atoms with E-state index >= 15 is 0 Å². The van der Waals surface area contributed by atoms with Gasteiger partial charge in [-0.1, -0.05) is 11.8 Å². The highest BCUT2D eigenvalue weighted by Crippen LogP contribution is 2.27. The molecular weight excluding hydrogens is 174 g/mol. The summed E-state index contributed by atoms with van der Waals surface area (Å²) in [5.41, 5.74) is 6.60. The van der Waals surface area contributed by atoms with Gasteiger partial charge in [0.15, 0.2) is 0 Å². The van der Waals surface area contributed by atoms with Crippen molar-refractivity contribution in [3.05, 3.63) is 35.4 Å². The molecule has 1 saturated carbocycles. The van der Waals surface area contributed by atoms with E-state index in [1.165, 1.54) is 12.8 Å². The van der Waals surface area contributed by atoms with Crippen LogP contribution in [0.15, 0.2) is 24.3 Å². The topological polar surface area (TPSA) is 43.1 Å². The third-order valence-electron chi connectivity index (χ3n) is 2.17. The lowest BCUT2D eigenvalue weighted by molar-refractivity contribution is 0.100. The zero-order valence-electron chi connectivity index (χ0n) is 7.79. The van der Waals surface area contributed by atoms with Gasteiger partial charge in [-0.2, -0.15) is 0 Å². The van der Waals surface area contributed by atoms with Gasteiger partial charge in [-0.15, -0.1) is 0 Å². The molecule has 14 heavy (non-hydrogen) atoms. The van der Waals surface area contributed by atoms with E-state index in [1.54, 1.807) is 12.1 Å². The van der Waals surface area contributed by atoms with Gasteiger partial charge in [0.05, 0.1) is 0 Å². The molecule has 2 heteroatoms. The van der Waals surface area contributed by atoms with E-state index in [4.69, 9.17) is 5.73 Å². The number of carbonyl (C=O) groups excluding carboxylic acids is 1. The summed E-state index contributed by atoms with van der Waals surface area (Å²) in [5.74, 6) is 6.43. The molecule has 2 N–H and O–H groups in total. The number of carbonyl (C=O) groups is 1. The molecular formula is C12H11NO. The SMILES string of the molecule is NC(=O)c1ccc(C#CC2CC2)cc1. The Morgan fingerprint density at radius 2 is 1.93 bits per heavy atom. The zero-order valence-corrected chi connectivity index (χ0v) is 7.79. The minimum absolute atomic E-state index is 0.397. The Kier molecular flexibility index (Phi) is 2.24. The summed E-state index contributed by atoms with van der Waals surface area (Å²) in [6.45, 7) is 0. The Morgan fingerprint density at radius 3 is 2.43 bits per heavy atom. The van der Waals surface area contributed by atoms with E-state index in [9.17, 15) is 4.79 Å². The number of hydrogen-bond donors (Lipinski definition) is 1. The Bertz CT molecular complexity index is 404. The van der Waals surface area contributed by atoms with Gasteiger partial charge in [-0.05, 0) is 37.1 Å². The number of nitrogens with two attached hydrogens (primary N) is 1. The first kappa shape index (κ1) is 8.83.